The predicted molar refractivity (Wildman–Crippen MR) is 85.6 cm³/mol. The smallest absolute Gasteiger partial charge is 0.305 e. The largest absolute Gasteiger partial charge is 0.323 e. The van der Waals surface area contributed by atoms with E-state index in [0.717, 1.165) is 17.0 Å². The average Bonchev–Trinajstić information content (AvgIpc) is 2.60. The van der Waals surface area contributed by atoms with Crippen LogP contribution in [0.2, 0.25) is 0 Å². The Morgan fingerprint density at radius 3 is 2.32 bits per heavy atom. The second kappa shape index (κ2) is 6.38. The van der Waals surface area contributed by atoms with Gasteiger partial charge in [0.2, 0.25) is 0 Å². The highest BCUT2D eigenvalue weighted by Crippen LogP contribution is 2.47. The van der Waals surface area contributed by atoms with Crippen molar-refractivity contribution in [3.8, 4) is 0 Å². The first-order valence-corrected chi connectivity index (χ1v) is 7.82. The summed E-state index contributed by atoms with van der Waals surface area (Å²) >= 11 is 0. The van der Waals surface area contributed by atoms with Gasteiger partial charge < -0.3 is 10.2 Å². The van der Waals surface area contributed by atoms with Gasteiger partial charge in [0.05, 0.1) is 12.2 Å². The minimum absolute atomic E-state index is 0.102. The van der Waals surface area contributed by atoms with Crippen molar-refractivity contribution in [1.82, 2.24) is 4.90 Å². The third kappa shape index (κ3) is 2.63. The molecule has 0 radical (unpaired) electrons. The number of hydrogen-bond acceptors (Lipinski definition) is 1. The summed E-state index contributed by atoms with van der Waals surface area (Å²) in [4.78, 5) is 13.4. The number of rotatable bonds is 4. The van der Waals surface area contributed by atoms with E-state index in [9.17, 15) is 22.4 Å². The average molecular weight is 352 g/mol. The molecule has 0 saturated heterocycles. The van der Waals surface area contributed by atoms with E-state index < -0.39 is 36.2 Å². The summed E-state index contributed by atoms with van der Waals surface area (Å²) in [5.74, 6) is -1.57. The molecule has 3 nitrogen and oxygen atoms in total. The number of halogens is 4. The third-order valence-electron chi connectivity index (χ3n) is 4.54. The molecule has 2 aromatic carbocycles. The fraction of sp³-hybridized carbons (Fsp3) is 0.278. The van der Waals surface area contributed by atoms with Gasteiger partial charge in [0, 0.05) is 5.56 Å². The molecule has 0 aliphatic carbocycles. The van der Waals surface area contributed by atoms with Gasteiger partial charge in [0.25, 0.3) is 6.43 Å². The highest BCUT2D eigenvalue weighted by Gasteiger charge is 2.49. The van der Waals surface area contributed by atoms with E-state index in [-0.39, 0.29) is 17.7 Å². The van der Waals surface area contributed by atoms with Gasteiger partial charge >= 0.3 is 6.03 Å². The molecule has 25 heavy (non-hydrogen) atoms. The number of carbonyl (C=O) groups is 1. The Morgan fingerprint density at radius 1 is 1.08 bits per heavy atom. The van der Waals surface area contributed by atoms with E-state index in [1.165, 1.54) is 0 Å². The first kappa shape index (κ1) is 17.3. The molecule has 7 heteroatoms. The number of nitrogens with zero attached hydrogens (tertiary/aromatic N) is 1. The second-order valence-electron chi connectivity index (χ2n) is 5.79. The maximum absolute atomic E-state index is 14.7. The van der Waals surface area contributed by atoms with Crippen LogP contribution in [0.4, 0.5) is 28.0 Å². The van der Waals surface area contributed by atoms with Crippen LogP contribution in [0.15, 0.2) is 42.5 Å². The van der Waals surface area contributed by atoms with Gasteiger partial charge in [0.1, 0.15) is 17.2 Å². The molecule has 1 unspecified atom stereocenters. The Labute approximate surface area is 142 Å². The number of alkyl halides is 2. The molecule has 1 aliphatic rings. The molecule has 3 rings (SSSR count). The summed E-state index contributed by atoms with van der Waals surface area (Å²) in [5.41, 5.74) is -1.52. The van der Waals surface area contributed by atoms with Crippen LogP contribution >= 0.6 is 0 Å². The Morgan fingerprint density at radius 2 is 1.72 bits per heavy atom. The number of anilines is 1. The molecule has 1 aliphatic heterocycles. The molecule has 132 valence electrons. The lowest BCUT2D eigenvalue weighted by Gasteiger charge is -2.48. The standard InChI is InChI=1S/C18H16F4N2O/c1-2-18(11-6-4-3-5-7-11)15-12(19)8-9-13(20)16(15)23-17(25)24(18)10-14(21)22/h3-9,14H,2,10H2,1H3,(H,23,25). The van der Waals surface area contributed by atoms with Crippen molar-refractivity contribution < 1.29 is 22.4 Å². The molecule has 2 aromatic rings. The van der Waals surface area contributed by atoms with Gasteiger partial charge in [-0.1, -0.05) is 37.3 Å². The SMILES string of the molecule is CCC1(c2ccccc2)c2c(F)ccc(F)c2NC(=O)N1CC(F)F. The van der Waals surface area contributed by atoms with Crippen LogP contribution in [0.5, 0.6) is 0 Å². The number of hydrogen-bond donors (Lipinski definition) is 1. The Kier molecular flexibility index (Phi) is 4.41. The molecule has 0 saturated carbocycles. The molecule has 1 N–H and O–H groups in total. The maximum atomic E-state index is 14.7. The number of nitrogens with one attached hydrogen (secondary N) is 1. The van der Waals surface area contributed by atoms with Crippen molar-refractivity contribution in [1.29, 1.82) is 0 Å². The lowest BCUT2D eigenvalue weighted by molar-refractivity contribution is 0.0558. The van der Waals surface area contributed by atoms with Crippen molar-refractivity contribution in [3.63, 3.8) is 0 Å². The van der Waals surface area contributed by atoms with Gasteiger partial charge in [-0.3, -0.25) is 0 Å². The fourth-order valence-electron chi connectivity index (χ4n) is 3.52. The minimum Gasteiger partial charge on any atom is -0.305 e. The van der Waals surface area contributed by atoms with Crippen molar-refractivity contribution in [3.05, 3.63) is 65.2 Å². The van der Waals surface area contributed by atoms with Gasteiger partial charge in [-0.25, -0.2) is 22.4 Å². The number of urea groups is 1. The molecule has 0 fully saturated rings. The normalized spacial score (nSPS) is 19.8. The Hall–Kier alpha value is -2.57. The molecular weight excluding hydrogens is 336 g/mol. The number of benzene rings is 2. The zero-order valence-corrected chi connectivity index (χ0v) is 13.4. The van der Waals surface area contributed by atoms with Crippen molar-refractivity contribution in [2.45, 2.75) is 25.3 Å². The van der Waals surface area contributed by atoms with Crippen LogP contribution in [0, 0.1) is 11.6 Å². The van der Waals surface area contributed by atoms with Gasteiger partial charge in [0.15, 0.2) is 0 Å². The summed E-state index contributed by atoms with van der Waals surface area (Å²) in [6.45, 7) is 0.752. The van der Waals surface area contributed by atoms with Crippen LogP contribution < -0.4 is 5.32 Å². The number of carbonyl (C=O) groups excluding carboxylic acids is 1. The number of amides is 2. The van der Waals surface area contributed by atoms with Gasteiger partial charge in [-0.2, -0.15) is 0 Å². The topological polar surface area (TPSA) is 32.3 Å². The van der Waals surface area contributed by atoms with Crippen LogP contribution in [0.25, 0.3) is 0 Å². The quantitative estimate of drug-likeness (QED) is 0.793. The molecule has 1 heterocycles. The summed E-state index contributed by atoms with van der Waals surface area (Å²) < 4.78 is 55.3. The number of fused-ring (bicyclic) bond motifs is 1. The van der Waals surface area contributed by atoms with E-state index in [0.29, 0.717) is 5.56 Å². The lowest BCUT2D eigenvalue weighted by Crippen LogP contribution is -2.57. The summed E-state index contributed by atoms with van der Waals surface area (Å²) in [6.07, 6.45) is -2.72. The van der Waals surface area contributed by atoms with Crippen LogP contribution in [-0.2, 0) is 5.54 Å². The van der Waals surface area contributed by atoms with Crippen LogP contribution in [-0.4, -0.2) is 23.9 Å². The summed E-state index contributed by atoms with van der Waals surface area (Å²) in [5, 5.41) is 2.22. The maximum Gasteiger partial charge on any atom is 0.323 e. The van der Waals surface area contributed by atoms with Gasteiger partial charge in [-0.15, -0.1) is 0 Å². The van der Waals surface area contributed by atoms with Crippen LogP contribution in [0.1, 0.15) is 24.5 Å². The first-order valence-electron chi connectivity index (χ1n) is 7.82. The lowest BCUT2D eigenvalue weighted by atomic mass is 9.76. The van der Waals surface area contributed by atoms with Crippen molar-refractivity contribution in [2.75, 3.05) is 11.9 Å². The van der Waals surface area contributed by atoms with E-state index in [1.54, 1.807) is 37.3 Å². The zero-order valence-electron chi connectivity index (χ0n) is 13.4. The van der Waals surface area contributed by atoms with Crippen molar-refractivity contribution in [2.24, 2.45) is 0 Å². The van der Waals surface area contributed by atoms with E-state index >= 15 is 0 Å². The van der Waals surface area contributed by atoms with E-state index in [4.69, 9.17) is 0 Å². The monoisotopic (exact) mass is 352 g/mol. The Balaban J connectivity index is 2.36. The first-order chi connectivity index (χ1) is 11.9. The van der Waals surface area contributed by atoms with Crippen LogP contribution in [0.3, 0.4) is 0 Å². The second-order valence-corrected chi connectivity index (χ2v) is 5.79. The van der Waals surface area contributed by atoms with Crippen molar-refractivity contribution >= 4 is 11.7 Å². The van der Waals surface area contributed by atoms with E-state index in [2.05, 4.69) is 5.32 Å². The molecule has 2 amide bonds. The molecule has 0 bridgehead atoms. The minimum atomic E-state index is -2.82. The van der Waals surface area contributed by atoms with Gasteiger partial charge in [-0.05, 0) is 24.1 Å². The van der Waals surface area contributed by atoms with E-state index in [1.807, 2.05) is 0 Å². The molecule has 0 spiro atoms. The fourth-order valence-corrected chi connectivity index (χ4v) is 3.52. The highest BCUT2D eigenvalue weighted by atomic mass is 19.3. The Bertz CT molecular complexity index is 797. The molecule has 1 atom stereocenters. The summed E-state index contributed by atoms with van der Waals surface area (Å²) in [6, 6.07) is 9.25. The summed E-state index contributed by atoms with van der Waals surface area (Å²) in [7, 11) is 0. The molecular formula is C18H16F4N2O. The molecule has 0 aromatic heterocycles. The predicted octanol–water partition coefficient (Wildman–Crippen LogP) is 4.73. The highest BCUT2D eigenvalue weighted by molar-refractivity contribution is 5.95. The zero-order chi connectivity index (χ0) is 18.2. The third-order valence-corrected chi connectivity index (χ3v) is 4.54.